The average Bonchev–Trinajstić information content (AvgIpc) is 3.69. The molecule has 0 aliphatic carbocycles. The first-order chi connectivity index (χ1) is 34.1. The number of hydrazone groups is 1. The van der Waals surface area contributed by atoms with Gasteiger partial charge in [0.2, 0.25) is 5.91 Å². The van der Waals surface area contributed by atoms with Crippen molar-refractivity contribution in [3.05, 3.63) is 151 Å². The lowest BCUT2D eigenvalue weighted by Gasteiger charge is -2.30. The molecule has 2 N–H and O–H groups in total. The molecule has 0 aromatic heterocycles. The van der Waals surface area contributed by atoms with Crippen LogP contribution in [0.5, 0.6) is 0 Å². The van der Waals surface area contributed by atoms with E-state index < -0.39 is 39.4 Å². The molecule has 0 radical (unpaired) electrons. The minimum Gasteiger partial charge on any atom is -0.337 e. The molecule has 5 aromatic carbocycles. The number of imide groups is 3. The number of carbonyl (C=O) groups is 8. The molecule has 0 saturated carbocycles. The number of unbranched alkanes of at least 4 members (excludes halogenated alkanes) is 2. The highest BCUT2D eigenvalue weighted by Gasteiger charge is 2.36. The monoisotopic (exact) mass is 963 g/mol. The van der Waals surface area contributed by atoms with Crippen LogP contribution < -0.4 is 10.7 Å². The van der Waals surface area contributed by atoms with Crippen molar-refractivity contribution in [2.24, 2.45) is 5.10 Å². The van der Waals surface area contributed by atoms with Crippen LogP contribution in [0, 0.1) is 20.2 Å². The van der Waals surface area contributed by atoms with Crippen molar-refractivity contribution in [1.29, 1.82) is 0 Å². The number of nitrogens with zero attached hydrogens (tertiary/aromatic N) is 7. The summed E-state index contributed by atoms with van der Waals surface area (Å²) in [5.41, 5.74) is 3.70. The number of nitro benzene ring substituents is 2. The van der Waals surface area contributed by atoms with Gasteiger partial charge in [-0.15, -0.1) is 0 Å². The summed E-state index contributed by atoms with van der Waals surface area (Å²) in [6.07, 6.45) is 4.64. The van der Waals surface area contributed by atoms with Gasteiger partial charge in [-0.3, -0.25) is 73.3 Å². The van der Waals surface area contributed by atoms with E-state index in [1.54, 1.807) is 61.5 Å². The molecule has 5 aromatic rings. The summed E-state index contributed by atoms with van der Waals surface area (Å²) >= 11 is 0. The topological polar surface area (TPSA) is 272 Å². The molecule has 8 rings (SSSR count). The Hall–Kier alpha value is -8.85. The second kappa shape index (κ2) is 20.8. The Bertz CT molecular complexity index is 3150. The Labute approximate surface area is 404 Å². The predicted octanol–water partition coefficient (Wildman–Crippen LogP) is 5.15. The molecule has 0 spiro atoms. The van der Waals surface area contributed by atoms with Crippen molar-refractivity contribution in [3.63, 3.8) is 0 Å². The summed E-state index contributed by atoms with van der Waals surface area (Å²) < 4.78 is 0. The van der Waals surface area contributed by atoms with Crippen LogP contribution >= 0.6 is 0 Å². The Morgan fingerprint density at radius 2 is 1.13 bits per heavy atom. The van der Waals surface area contributed by atoms with E-state index in [2.05, 4.69) is 15.8 Å². The molecule has 3 aliphatic rings. The molecule has 21 nitrogen and oxygen atoms in total. The van der Waals surface area contributed by atoms with E-state index in [0.717, 1.165) is 20.8 Å². The summed E-state index contributed by atoms with van der Waals surface area (Å²) in [6, 6.07) is 20.8. The van der Waals surface area contributed by atoms with Crippen LogP contribution in [0.25, 0.3) is 21.5 Å². The smallest absolute Gasteiger partial charge is 0.270 e. The average molecular weight is 964 g/mol. The van der Waals surface area contributed by atoms with Gasteiger partial charge in [0.1, 0.15) is 0 Å². The molecule has 0 saturated heterocycles. The van der Waals surface area contributed by atoms with Crippen LogP contribution in [-0.4, -0.2) is 128 Å². The van der Waals surface area contributed by atoms with E-state index in [1.165, 1.54) is 41.3 Å². The Morgan fingerprint density at radius 3 is 1.69 bits per heavy atom. The zero-order valence-electron chi connectivity index (χ0n) is 38.3. The molecule has 0 bridgehead atoms. The SMILES string of the molecule is CC(=NNC(=O)CCCCCN1C(=O)C=CC1=O)c1ccc(C(=O)N(CCCNCCN2C(=O)c3cccc4cc([N+](=O)[O-])cc(c34)C2=O)CCN2C(=O)c3cccc4cc([N+](=O)[O-])cc(c34)C2=O)cc1. The van der Waals surface area contributed by atoms with Crippen LogP contribution in [0.1, 0.15) is 96.4 Å². The number of amides is 8. The van der Waals surface area contributed by atoms with Crippen molar-refractivity contribution >= 4 is 85.9 Å². The van der Waals surface area contributed by atoms with Gasteiger partial charge in [-0.05, 0) is 73.3 Å². The highest BCUT2D eigenvalue weighted by Crippen LogP contribution is 2.35. The van der Waals surface area contributed by atoms with Gasteiger partial charge in [-0.25, -0.2) is 5.43 Å². The van der Waals surface area contributed by atoms with Crippen molar-refractivity contribution in [1.82, 2.24) is 30.3 Å². The van der Waals surface area contributed by atoms with E-state index in [1.807, 2.05) is 0 Å². The number of nitrogens with one attached hydrogen (secondary N) is 2. The summed E-state index contributed by atoms with van der Waals surface area (Å²) in [5.74, 6) is -4.05. The maximum absolute atomic E-state index is 14.2. The number of hydrogen-bond donors (Lipinski definition) is 2. The zero-order chi connectivity index (χ0) is 50.5. The van der Waals surface area contributed by atoms with Gasteiger partial charge in [0.05, 0.1) is 26.7 Å². The van der Waals surface area contributed by atoms with Gasteiger partial charge >= 0.3 is 0 Å². The Balaban J connectivity index is 0.906. The molecule has 0 fully saturated rings. The standard InChI is InChI=1S/C50H45N9O12/c1-30(52-53-41(60)12-3-2-4-22-55-42(61)17-18-43(55)62)31-13-15-32(16-14-31)46(63)54(24-25-57-48(65)38-11-6-9-34-27-36(59(70)71)29-40(45(34)38)50(57)67)21-7-19-51-20-23-56-47(64)37-10-5-8-33-26-35(58(68)69)28-39(44(33)37)49(56)66/h5-6,8-11,13-18,26-29,51H,2-4,7,12,19-25H2,1H3,(H,53,60). The maximum Gasteiger partial charge on any atom is 0.270 e. The fraction of sp³-hybridized carbons (Fsp3) is 0.260. The highest BCUT2D eigenvalue weighted by atomic mass is 16.6. The van der Waals surface area contributed by atoms with E-state index in [9.17, 15) is 58.6 Å². The fourth-order valence-electron chi connectivity index (χ4n) is 8.83. The molecule has 8 amide bonds. The first-order valence-electron chi connectivity index (χ1n) is 22.7. The molecular formula is C50H45N9O12. The van der Waals surface area contributed by atoms with Gasteiger partial charge in [0, 0.05) is 110 Å². The van der Waals surface area contributed by atoms with Gasteiger partial charge < -0.3 is 10.2 Å². The van der Waals surface area contributed by atoms with E-state index in [4.69, 9.17) is 0 Å². The van der Waals surface area contributed by atoms with Crippen LogP contribution in [0.4, 0.5) is 11.4 Å². The lowest BCUT2D eigenvalue weighted by Crippen LogP contribution is -2.46. The molecule has 3 heterocycles. The van der Waals surface area contributed by atoms with Gasteiger partial charge in [0.25, 0.3) is 52.7 Å². The van der Waals surface area contributed by atoms with Crippen molar-refractivity contribution in [2.45, 2.75) is 39.0 Å². The minimum absolute atomic E-state index is 0.0114. The van der Waals surface area contributed by atoms with Crippen molar-refractivity contribution < 1.29 is 48.2 Å². The fourth-order valence-corrected chi connectivity index (χ4v) is 8.83. The minimum atomic E-state index is -0.747. The predicted molar refractivity (Wildman–Crippen MR) is 256 cm³/mol. The van der Waals surface area contributed by atoms with E-state index >= 15 is 0 Å². The number of non-ortho nitro benzene ring substituents is 2. The highest BCUT2D eigenvalue weighted by molar-refractivity contribution is 6.27. The van der Waals surface area contributed by atoms with Gasteiger partial charge in [-0.2, -0.15) is 5.10 Å². The number of carbonyl (C=O) groups excluding carboxylic acids is 8. The molecule has 362 valence electrons. The van der Waals surface area contributed by atoms with Crippen molar-refractivity contribution in [2.75, 3.05) is 45.8 Å². The van der Waals surface area contributed by atoms with E-state index in [-0.39, 0.29) is 109 Å². The number of rotatable bonds is 21. The van der Waals surface area contributed by atoms with Crippen LogP contribution in [0.3, 0.4) is 0 Å². The molecule has 0 atom stereocenters. The lowest BCUT2D eigenvalue weighted by molar-refractivity contribution is -0.384. The second-order valence-electron chi connectivity index (χ2n) is 17.0. The zero-order valence-corrected chi connectivity index (χ0v) is 38.3. The molecule has 21 heteroatoms. The molecule has 3 aliphatic heterocycles. The largest absolute Gasteiger partial charge is 0.337 e. The second-order valence-corrected chi connectivity index (χ2v) is 17.0. The third kappa shape index (κ3) is 10.2. The Kier molecular flexibility index (Phi) is 14.2. The first kappa shape index (κ1) is 48.6. The number of hydrogen-bond acceptors (Lipinski definition) is 14. The third-order valence-electron chi connectivity index (χ3n) is 12.5. The third-order valence-corrected chi connectivity index (χ3v) is 12.5. The van der Waals surface area contributed by atoms with Crippen LogP contribution in [0.2, 0.25) is 0 Å². The van der Waals surface area contributed by atoms with Crippen LogP contribution in [-0.2, 0) is 14.4 Å². The van der Waals surface area contributed by atoms with E-state index in [0.29, 0.717) is 58.5 Å². The van der Waals surface area contributed by atoms with Crippen LogP contribution in [0.15, 0.2) is 102 Å². The summed E-state index contributed by atoms with van der Waals surface area (Å²) in [6.45, 7) is 2.06. The molecule has 0 unspecified atom stereocenters. The van der Waals surface area contributed by atoms with Gasteiger partial charge in [0.15, 0.2) is 0 Å². The summed E-state index contributed by atoms with van der Waals surface area (Å²) in [7, 11) is 0. The quantitative estimate of drug-likeness (QED) is 0.0317. The summed E-state index contributed by atoms with van der Waals surface area (Å²) in [5, 5.41) is 32.2. The normalized spacial score (nSPS) is 14.3. The number of benzene rings is 5. The van der Waals surface area contributed by atoms with Gasteiger partial charge in [-0.1, -0.05) is 42.8 Å². The Morgan fingerprint density at radius 1 is 0.592 bits per heavy atom. The first-order valence-corrected chi connectivity index (χ1v) is 22.7. The molecular weight excluding hydrogens is 919 g/mol. The molecule has 71 heavy (non-hydrogen) atoms. The maximum atomic E-state index is 14.2. The summed E-state index contributed by atoms with van der Waals surface area (Å²) in [4.78, 5) is 132. The number of nitro groups is 2. The van der Waals surface area contributed by atoms with Crippen molar-refractivity contribution in [3.8, 4) is 0 Å². The lowest BCUT2D eigenvalue weighted by atomic mass is 9.93.